The lowest BCUT2D eigenvalue weighted by molar-refractivity contribution is -0.122. The number of nitriles is 1. The first-order valence-corrected chi connectivity index (χ1v) is 11.5. The number of ether oxygens (including phenoxy) is 1. The van der Waals surface area contributed by atoms with Gasteiger partial charge in [-0.05, 0) is 48.0 Å². The van der Waals surface area contributed by atoms with Crippen LogP contribution in [0.2, 0.25) is 5.02 Å². The highest BCUT2D eigenvalue weighted by Crippen LogP contribution is 2.39. The monoisotopic (exact) mass is 467 g/mol. The van der Waals surface area contributed by atoms with Crippen LogP contribution in [0.4, 0.5) is 11.4 Å². The minimum absolute atomic E-state index is 0.0973. The van der Waals surface area contributed by atoms with E-state index < -0.39 is 22.0 Å². The van der Waals surface area contributed by atoms with Crippen LogP contribution in [0.1, 0.15) is 5.56 Å². The number of hydrogen-bond acceptors (Lipinski definition) is 5. The molecule has 0 aliphatic carbocycles. The van der Waals surface area contributed by atoms with E-state index in [4.69, 9.17) is 21.6 Å². The number of carbonyl (C=O) groups is 1. The van der Waals surface area contributed by atoms with Gasteiger partial charge >= 0.3 is 0 Å². The SMILES string of the molecule is N#CCc1ccc(NC(=O)[C@H]2CN(S(=O)(=O)c3ccccc3)c3cc(Cl)ccc3O2)cc1. The summed E-state index contributed by atoms with van der Waals surface area (Å²) in [6, 6.07) is 21.5. The summed E-state index contributed by atoms with van der Waals surface area (Å²) >= 11 is 6.10. The largest absolute Gasteiger partial charge is 0.476 e. The molecule has 0 saturated carbocycles. The smallest absolute Gasteiger partial charge is 0.267 e. The van der Waals surface area contributed by atoms with E-state index in [2.05, 4.69) is 11.4 Å². The van der Waals surface area contributed by atoms with Crippen LogP contribution >= 0.6 is 11.6 Å². The summed E-state index contributed by atoms with van der Waals surface area (Å²) in [5.74, 6) is -0.253. The van der Waals surface area contributed by atoms with E-state index in [0.29, 0.717) is 10.7 Å². The van der Waals surface area contributed by atoms with Crippen LogP contribution < -0.4 is 14.4 Å². The molecule has 4 rings (SSSR count). The average Bonchev–Trinajstić information content (AvgIpc) is 2.80. The van der Waals surface area contributed by atoms with Gasteiger partial charge in [0.05, 0.1) is 29.6 Å². The van der Waals surface area contributed by atoms with Gasteiger partial charge in [-0.3, -0.25) is 9.10 Å². The Kier molecular flexibility index (Phi) is 6.04. The summed E-state index contributed by atoms with van der Waals surface area (Å²) < 4.78 is 33.7. The number of anilines is 2. The van der Waals surface area contributed by atoms with Gasteiger partial charge in [-0.1, -0.05) is 41.9 Å². The van der Waals surface area contributed by atoms with Gasteiger partial charge in [0.15, 0.2) is 6.10 Å². The fourth-order valence-electron chi connectivity index (χ4n) is 3.33. The van der Waals surface area contributed by atoms with Crippen LogP contribution in [0.5, 0.6) is 5.75 Å². The van der Waals surface area contributed by atoms with E-state index >= 15 is 0 Å². The molecule has 0 aromatic heterocycles. The van der Waals surface area contributed by atoms with Gasteiger partial charge in [0.25, 0.3) is 15.9 Å². The van der Waals surface area contributed by atoms with Crippen molar-refractivity contribution >= 4 is 38.9 Å². The van der Waals surface area contributed by atoms with E-state index in [0.717, 1.165) is 9.87 Å². The summed E-state index contributed by atoms with van der Waals surface area (Å²) in [6.45, 7) is -0.219. The first kappa shape index (κ1) is 21.7. The second-order valence-electron chi connectivity index (χ2n) is 7.09. The Morgan fingerprint density at radius 1 is 1.12 bits per heavy atom. The summed E-state index contributed by atoms with van der Waals surface area (Å²) in [6.07, 6.45) is -0.813. The maximum atomic E-state index is 13.4. The quantitative estimate of drug-likeness (QED) is 0.611. The molecule has 0 unspecified atom stereocenters. The van der Waals surface area contributed by atoms with Gasteiger partial charge in [-0.25, -0.2) is 8.42 Å². The Hall–Kier alpha value is -3.54. The van der Waals surface area contributed by atoms with Crippen molar-refractivity contribution in [2.75, 3.05) is 16.2 Å². The van der Waals surface area contributed by atoms with Crippen molar-refractivity contribution in [2.45, 2.75) is 17.4 Å². The highest BCUT2D eigenvalue weighted by Gasteiger charge is 2.37. The summed E-state index contributed by atoms with van der Waals surface area (Å²) in [4.78, 5) is 13.0. The molecule has 1 aliphatic rings. The van der Waals surface area contributed by atoms with Gasteiger partial charge in [0.1, 0.15) is 5.75 Å². The normalized spacial score (nSPS) is 15.2. The molecule has 162 valence electrons. The van der Waals surface area contributed by atoms with Crippen molar-refractivity contribution in [3.63, 3.8) is 0 Å². The molecule has 1 aliphatic heterocycles. The third-order valence-electron chi connectivity index (χ3n) is 4.92. The highest BCUT2D eigenvalue weighted by atomic mass is 35.5. The summed E-state index contributed by atoms with van der Waals surface area (Å²) in [5, 5.41) is 11.9. The van der Waals surface area contributed by atoms with Crippen LogP contribution in [0.25, 0.3) is 0 Å². The van der Waals surface area contributed by atoms with Crippen molar-refractivity contribution in [3.05, 3.63) is 83.4 Å². The Morgan fingerprint density at radius 2 is 1.84 bits per heavy atom. The highest BCUT2D eigenvalue weighted by molar-refractivity contribution is 7.92. The fraction of sp³-hybridized carbons (Fsp3) is 0.130. The van der Waals surface area contributed by atoms with Gasteiger partial charge in [0.2, 0.25) is 0 Å². The number of amides is 1. The minimum atomic E-state index is -3.96. The molecule has 1 heterocycles. The Morgan fingerprint density at radius 3 is 2.53 bits per heavy atom. The Bertz CT molecular complexity index is 1290. The fourth-order valence-corrected chi connectivity index (χ4v) is 4.98. The number of fused-ring (bicyclic) bond motifs is 1. The molecule has 0 bridgehead atoms. The van der Waals surface area contributed by atoms with Gasteiger partial charge in [-0.15, -0.1) is 0 Å². The zero-order chi connectivity index (χ0) is 22.7. The van der Waals surface area contributed by atoms with E-state index in [1.807, 2.05) is 0 Å². The average molecular weight is 468 g/mol. The van der Waals surface area contributed by atoms with E-state index in [1.54, 1.807) is 54.6 Å². The summed E-state index contributed by atoms with van der Waals surface area (Å²) in [7, 11) is -3.96. The standard InChI is InChI=1S/C23H18ClN3O4S/c24-17-8-11-21-20(14-17)27(32(29,30)19-4-2-1-3-5-19)15-22(31-21)23(28)26-18-9-6-16(7-10-18)12-13-25/h1-11,14,22H,12,15H2,(H,26,28)/t22-/m1/s1. The lowest BCUT2D eigenvalue weighted by Crippen LogP contribution is -2.48. The molecule has 0 spiro atoms. The van der Waals surface area contributed by atoms with Crippen LogP contribution in [0, 0.1) is 11.3 Å². The second kappa shape index (κ2) is 8.91. The molecule has 1 atom stereocenters. The molecular formula is C23H18ClN3O4S. The van der Waals surface area contributed by atoms with Gasteiger partial charge < -0.3 is 10.1 Å². The minimum Gasteiger partial charge on any atom is -0.476 e. The Labute approximate surface area is 190 Å². The van der Waals surface area contributed by atoms with Gasteiger partial charge in [-0.2, -0.15) is 5.26 Å². The second-order valence-corrected chi connectivity index (χ2v) is 9.39. The topological polar surface area (TPSA) is 99.5 Å². The molecule has 1 N–H and O–H groups in total. The first-order valence-electron chi connectivity index (χ1n) is 9.69. The van der Waals surface area contributed by atoms with E-state index in [-0.39, 0.29) is 29.3 Å². The van der Waals surface area contributed by atoms with E-state index in [1.165, 1.54) is 18.2 Å². The molecule has 3 aromatic rings. The molecule has 0 fully saturated rings. The number of benzene rings is 3. The molecular weight excluding hydrogens is 450 g/mol. The lowest BCUT2D eigenvalue weighted by atomic mass is 10.1. The Balaban J connectivity index is 1.63. The number of sulfonamides is 1. The number of hydrogen-bond donors (Lipinski definition) is 1. The molecule has 32 heavy (non-hydrogen) atoms. The molecule has 3 aromatic carbocycles. The van der Waals surface area contributed by atoms with Crippen molar-refractivity contribution in [3.8, 4) is 11.8 Å². The van der Waals surface area contributed by atoms with Crippen LogP contribution in [0.15, 0.2) is 77.7 Å². The maximum absolute atomic E-state index is 13.4. The number of nitrogens with one attached hydrogen (secondary N) is 1. The van der Waals surface area contributed by atoms with Crippen molar-refractivity contribution in [1.82, 2.24) is 0 Å². The molecule has 0 saturated heterocycles. The number of rotatable bonds is 5. The zero-order valence-electron chi connectivity index (χ0n) is 16.7. The number of carbonyl (C=O) groups excluding carboxylic acids is 1. The number of halogens is 1. The molecule has 9 heteroatoms. The first-order chi connectivity index (χ1) is 15.4. The van der Waals surface area contributed by atoms with Crippen molar-refractivity contribution in [1.29, 1.82) is 5.26 Å². The predicted molar refractivity (Wildman–Crippen MR) is 121 cm³/mol. The summed E-state index contributed by atoms with van der Waals surface area (Å²) in [5.41, 5.74) is 1.61. The van der Waals surface area contributed by atoms with Crippen LogP contribution in [-0.2, 0) is 21.2 Å². The van der Waals surface area contributed by atoms with Crippen molar-refractivity contribution in [2.24, 2.45) is 0 Å². The number of nitrogens with zero attached hydrogens (tertiary/aromatic N) is 2. The molecule has 0 radical (unpaired) electrons. The molecule has 1 amide bonds. The third kappa shape index (κ3) is 4.40. The van der Waals surface area contributed by atoms with Gasteiger partial charge in [0, 0.05) is 10.7 Å². The van der Waals surface area contributed by atoms with Crippen LogP contribution in [-0.4, -0.2) is 27.0 Å². The maximum Gasteiger partial charge on any atom is 0.267 e. The predicted octanol–water partition coefficient (Wildman–Crippen LogP) is 4.00. The van der Waals surface area contributed by atoms with E-state index in [9.17, 15) is 13.2 Å². The zero-order valence-corrected chi connectivity index (χ0v) is 18.3. The third-order valence-corrected chi connectivity index (χ3v) is 6.95. The van der Waals surface area contributed by atoms with Crippen molar-refractivity contribution < 1.29 is 17.9 Å². The lowest BCUT2D eigenvalue weighted by Gasteiger charge is -2.34. The van der Waals surface area contributed by atoms with Crippen LogP contribution in [0.3, 0.4) is 0 Å². The molecule has 7 nitrogen and oxygen atoms in total.